The van der Waals surface area contributed by atoms with E-state index in [0.29, 0.717) is 24.7 Å². The van der Waals surface area contributed by atoms with Gasteiger partial charge in [-0.25, -0.2) is 4.89 Å². The number of aliphatic hydroxyl groups is 1. The molecule has 1 aliphatic heterocycles. The first-order valence-corrected chi connectivity index (χ1v) is 11.4. The van der Waals surface area contributed by atoms with E-state index in [1.165, 1.54) is 0 Å². The van der Waals surface area contributed by atoms with Crippen molar-refractivity contribution in [2.75, 3.05) is 13.2 Å². The lowest BCUT2D eigenvalue weighted by Gasteiger charge is -2.70. The molecule has 4 bridgehead atoms. The van der Waals surface area contributed by atoms with Gasteiger partial charge in [-0.15, -0.1) is 0 Å². The molecule has 164 valence electrons. The van der Waals surface area contributed by atoms with Crippen molar-refractivity contribution in [1.82, 2.24) is 0 Å². The molecule has 6 nitrogen and oxygen atoms in total. The fourth-order valence-corrected chi connectivity index (χ4v) is 6.74. The van der Waals surface area contributed by atoms with E-state index in [9.17, 15) is 9.90 Å². The number of rotatable bonds is 8. The van der Waals surface area contributed by atoms with Crippen LogP contribution in [0.3, 0.4) is 0 Å². The number of ether oxygens (including phenoxy) is 2. The Morgan fingerprint density at radius 3 is 2.63 bits per heavy atom. The SMILES string of the molecule is CCOc1cccc(C2(O)OOC23C2CC4CC3CC(OCCC(C)C=O)(C4)C2)c1. The van der Waals surface area contributed by atoms with Gasteiger partial charge < -0.3 is 19.4 Å². The van der Waals surface area contributed by atoms with Crippen LogP contribution in [0.4, 0.5) is 0 Å². The summed E-state index contributed by atoms with van der Waals surface area (Å²) in [4.78, 5) is 22.3. The fraction of sp³-hybridized carbons (Fsp3) is 0.708. The number of carbonyl (C=O) groups is 1. The summed E-state index contributed by atoms with van der Waals surface area (Å²) >= 11 is 0. The maximum absolute atomic E-state index is 11.7. The molecule has 1 aromatic carbocycles. The van der Waals surface area contributed by atoms with E-state index in [1.807, 2.05) is 38.1 Å². The second-order valence-electron chi connectivity index (χ2n) is 9.84. The van der Waals surface area contributed by atoms with Gasteiger partial charge in [0.1, 0.15) is 12.0 Å². The zero-order valence-electron chi connectivity index (χ0n) is 17.8. The molecule has 0 radical (unpaired) electrons. The highest BCUT2D eigenvalue weighted by atomic mass is 17.3. The average molecular weight is 417 g/mol. The maximum Gasteiger partial charge on any atom is 0.258 e. The van der Waals surface area contributed by atoms with E-state index >= 15 is 0 Å². The predicted octanol–water partition coefficient (Wildman–Crippen LogP) is 3.75. The molecule has 4 aliphatic carbocycles. The van der Waals surface area contributed by atoms with Crippen molar-refractivity contribution in [2.24, 2.45) is 23.7 Å². The summed E-state index contributed by atoms with van der Waals surface area (Å²) in [5.41, 5.74) is -0.184. The zero-order valence-corrected chi connectivity index (χ0v) is 17.8. The van der Waals surface area contributed by atoms with Gasteiger partial charge in [0.15, 0.2) is 5.60 Å². The summed E-state index contributed by atoms with van der Waals surface area (Å²) in [7, 11) is 0. The van der Waals surface area contributed by atoms with Crippen LogP contribution in [0.15, 0.2) is 24.3 Å². The van der Waals surface area contributed by atoms with E-state index in [1.54, 1.807) is 0 Å². The van der Waals surface area contributed by atoms with Crippen LogP contribution in [-0.2, 0) is 25.1 Å². The molecule has 4 unspecified atom stereocenters. The Kier molecular flexibility index (Phi) is 4.97. The van der Waals surface area contributed by atoms with Crippen molar-refractivity contribution < 1.29 is 29.1 Å². The van der Waals surface area contributed by atoms with Gasteiger partial charge in [0.05, 0.1) is 12.2 Å². The highest BCUT2D eigenvalue weighted by Crippen LogP contribution is 2.70. The van der Waals surface area contributed by atoms with Gasteiger partial charge in [0.25, 0.3) is 5.79 Å². The molecule has 6 rings (SSSR count). The Bertz CT molecular complexity index is 793. The van der Waals surface area contributed by atoms with E-state index in [-0.39, 0.29) is 23.4 Å². The van der Waals surface area contributed by atoms with E-state index in [0.717, 1.165) is 50.6 Å². The Morgan fingerprint density at radius 1 is 1.23 bits per heavy atom. The Labute approximate surface area is 177 Å². The molecule has 0 aromatic heterocycles. The van der Waals surface area contributed by atoms with Crippen molar-refractivity contribution in [3.63, 3.8) is 0 Å². The van der Waals surface area contributed by atoms with Gasteiger partial charge >= 0.3 is 0 Å². The Hall–Kier alpha value is -1.47. The monoisotopic (exact) mass is 416 g/mol. The first-order valence-electron chi connectivity index (χ1n) is 11.4. The molecule has 1 heterocycles. The third-order valence-electron chi connectivity index (χ3n) is 7.93. The van der Waals surface area contributed by atoms with E-state index in [2.05, 4.69) is 0 Å². The number of carbonyl (C=O) groups excluding carboxylic acids is 1. The van der Waals surface area contributed by atoms with Gasteiger partial charge in [-0.2, -0.15) is 4.89 Å². The maximum atomic E-state index is 11.7. The van der Waals surface area contributed by atoms with Crippen LogP contribution in [0.1, 0.15) is 57.9 Å². The van der Waals surface area contributed by atoms with Crippen LogP contribution in [0, 0.1) is 23.7 Å². The normalized spacial score (nSPS) is 42.2. The Balaban J connectivity index is 1.39. The lowest BCUT2D eigenvalue weighted by Crippen LogP contribution is -2.78. The highest BCUT2D eigenvalue weighted by Gasteiger charge is 2.77. The van der Waals surface area contributed by atoms with Crippen LogP contribution < -0.4 is 4.74 Å². The molecule has 4 atom stereocenters. The van der Waals surface area contributed by atoms with Crippen molar-refractivity contribution in [3.8, 4) is 5.75 Å². The quantitative estimate of drug-likeness (QED) is 0.514. The van der Waals surface area contributed by atoms with Crippen molar-refractivity contribution in [1.29, 1.82) is 0 Å². The van der Waals surface area contributed by atoms with Gasteiger partial charge in [-0.1, -0.05) is 19.1 Å². The molecule has 1 spiro atoms. The number of hydrogen-bond donors (Lipinski definition) is 1. The van der Waals surface area contributed by atoms with Crippen LogP contribution in [0.5, 0.6) is 5.75 Å². The molecular weight excluding hydrogens is 384 g/mol. The lowest BCUT2D eigenvalue weighted by atomic mass is 9.45. The molecular formula is C24H32O6. The third kappa shape index (κ3) is 2.88. The lowest BCUT2D eigenvalue weighted by molar-refractivity contribution is -0.645. The van der Waals surface area contributed by atoms with E-state index < -0.39 is 11.4 Å². The molecule has 30 heavy (non-hydrogen) atoms. The molecule has 1 aromatic rings. The van der Waals surface area contributed by atoms with Gasteiger partial charge in [-0.3, -0.25) is 0 Å². The molecule has 5 fully saturated rings. The van der Waals surface area contributed by atoms with Crippen molar-refractivity contribution >= 4 is 6.29 Å². The first kappa shape index (κ1) is 20.4. The summed E-state index contributed by atoms with van der Waals surface area (Å²) in [6, 6.07) is 7.54. The second-order valence-corrected chi connectivity index (χ2v) is 9.84. The largest absolute Gasteiger partial charge is 0.494 e. The fourth-order valence-electron chi connectivity index (χ4n) is 6.74. The molecule has 0 amide bonds. The van der Waals surface area contributed by atoms with E-state index in [4.69, 9.17) is 19.2 Å². The first-order chi connectivity index (χ1) is 14.4. The zero-order chi connectivity index (χ0) is 21.0. The summed E-state index contributed by atoms with van der Waals surface area (Å²) < 4.78 is 12.1. The summed E-state index contributed by atoms with van der Waals surface area (Å²) in [6.45, 7) is 5.05. The van der Waals surface area contributed by atoms with Crippen LogP contribution in [-0.4, -0.2) is 35.8 Å². The van der Waals surface area contributed by atoms with Crippen molar-refractivity contribution in [2.45, 2.75) is 69.4 Å². The summed E-state index contributed by atoms with van der Waals surface area (Å²) in [5, 5.41) is 11.7. The highest BCUT2D eigenvalue weighted by molar-refractivity contribution is 5.52. The molecule has 6 heteroatoms. The summed E-state index contributed by atoms with van der Waals surface area (Å²) in [6.07, 6.45) is 6.62. The molecule has 5 aliphatic rings. The van der Waals surface area contributed by atoms with Crippen molar-refractivity contribution in [3.05, 3.63) is 29.8 Å². The average Bonchev–Trinajstić information content (AvgIpc) is 2.72. The standard InChI is InChI=1S/C24H32O6/c1-3-27-21-6-4-5-18(11-21)24(26)23(29-30-24)19-9-17-10-20(23)14-22(12-17,13-19)28-8-7-16(2)15-25/h4-6,11,15-17,19-20,26H,3,7-10,12-14H2,1-2H3. The topological polar surface area (TPSA) is 74.2 Å². The summed E-state index contributed by atoms with van der Waals surface area (Å²) in [5.74, 6) is 0.247. The molecule has 1 saturated heterocycles. The second kappa shape index (κ2) is 7.30. The van der Waals surface area contributed by atoms with Gasteiger partial charge in [-0.05, 0) is 63.5 Å². The smallest absolute Gasteiger partial charge is 0.258 e. The minimum Gasteiger partial charge on any atom is -0.494 e. The number of hydrogen-bond acceptors (Lipinski definition) is 6. The molecule has 4 saturated carbocycles. The Morgan fingerprint density at radius 2 is 2.00 bits per heavy atom. The van der Waals surface area contributed by atoms with Gasteiger partial charge in [0.2, 0.25) is 0 Å². The minimum absolute atomic E-state index is 0.0244. The third-order valence-corrected chi connectivity index (χ3v) is 7.93. The van der Waals surface area contributed by atoms with Crippen LogP contribution >= 0.6 is 0 Å². The van der Waals surface area contributed by atoms with Crippen LogP contribution in [0.25, 0.3) is 0 Å². The molecule has 1 N–H and O–H groups in total. The minimum atomic E-state index is -1.46. The number of benzene rings is 1. The number of aldehydes is 1. The van der Waals surface area contributed by atoms with Gasteiger partial charge in [0, 0.05) is 29.9 Å². The van der Waals surface area contributed by atoms with Crippen LogP contribution in [0.2, 0.25) is 0 Å². The predicted molar refractivity (Wildman–Crippen MR) is 108 cm³/mol.